The molecule has 1 aliphatic heterocycles. The molecule has 1 aromatic carbocycles. The number of ether oxygens (including phenoxy) is 2. The van der Waals surface area contributed by atoms with Gasteiger partial charge in [-0.25, -0.2) is 0 Å². The number of nitrogens with one attached hydrogen (secondary N) is 1. The van der Waals surface area contributed by atoms with E-state index in [-0.39, 0.29) is 11.9 Å². The molecule has 1 fully saturated rings. The predicted octanol–water partition coefficient (Wildman–Crippen LogP) is 1.63. The van der Waals surface area contributed by atoms with Gasteiger partial charge in [0.15, 0.2) is 0 Å². The second kappa shape index (κ2) is 6.91. The molecule has 1 aliphatic rings. The van der Waals surface area contributed by atoms with Crippen molar-refractivity contribution in [3.8, 4) is 5.75 Å². The zero-order valence-corrected chi connectivity index (χ0v) is 12.7. The van der Waals surface area contributed by atoms with Crippen molar-refractivity contribution in [3.05, 3.63) is 29.8 Å². The molecular weight excluding hydrogens is 268 g/mol. The molecule has 21 heavy (non-hydrogen) atoms. The van der Waals surface area contributed by atoms with Crippen LogP contribution in [0.4, 0.5) is 0 Å². The van der Waals surface area contributed by atoms with Crippen molar-refractivity contribution < 1.29 is 14.3 Å². The molecule has 0 aromatic heterocycles. The fourth-order valence-corrected chi connectivity index (χ4v) is 2.63. The normalized spacial score (nSPS) is 18.8. The van der Waals surface area contributed by atoms with Crippen LogP contribution < -0.4 is 15.8 Å². The zero-order chi connectivity index (χ0) is 15.3. The molecule has 1 saturated heterocycles. The molecule has 1 aromatic rings. The minimum atomic E-state index is -0.495. The predicted molar refractivity (Wildman–Crippen MR) is 81.1 cm³/mol. The second-order valence-electron chi connectivity index (χ2n) is 5.57. The molecule has 0 radical (unpaired) electrons. The van der Waals surface area contributed by atoms with E-state index >= 15 is 0 Å². The van der Waals surface area contributed by atoms with Crippen LogP contribution in [0.3, 0.4) is 0 Å². The average Bonchev–Trinajstić information content (AvgIpc) is 2.55. The summed E-state index contributed by atoms with van der Waals surface area (Å²) in [4.78, 5) is 12.6. The van der Waals surface area contributed by atoms with Gasteiger partial charge < -0.3 is 20.5 Å². The highest BCUT2D eigenvalue weighted by Gasteiger charge is 2.39. The number of carbonyl (C=O) groups is 1. The van der Waals surface area contributed by atoms with E-state index in [0.29, 0.717) is 32.6 Å². The van der Waals surface area contributed by atoms with Crippen molar-refractivity contribution in [1.29, 1.82) is 0 Å². The number of hydrogen-bond acceptors (Lipinski definition) is 4. The third-order valence-corrected chi connectivity index (χ3v) is 4.26. The van der Waals surface area contributed by atoms with Crippen molar-refractivity contribution in [2.75, 3.05) is 26.9 Å². The quantitative estimate of drug-likeness (QED) is 0.865. The first kappa shape index (κ1) is 15.8. The molecule has 0 unspecified atom stereocenters. The largest absolute Gasteiger partial charge is 0.497 e. The van der Waals surface area contributed by atoms with Crippen LogP contribution in [0, 0.1) is 5.41 Å². The van der Waals surface area contributed by atoms with Gasteiger partial charge in [0.25, 0.3) is 0 Å². The summed E-state index contributed by atoms with van der Waals surface area (Å²) in [5.41, 5.74) is 6.38. The summed E-state index contributed by atoms with van der Waals surface area (Å²) in [7, 11) is 1.63. The molecule has 5 nitrogen and oxygen atoms in total. The SMILES string of the molecule is COc1cccc([C@H](C)NC(=O)C2(CN)CCOCC2)c1. The Bertz CT molecular complexity index is 484. The van der Waals surface area contributed by atoms with Gasteiger partial charge in [0.2, 0.25) is 5.91 Å². The summed E-state index contributed by atoms with van der Waals surface area (Å²) in [6, 6.07) is 7.64. The van der Waals surface area contributed by atoms with Crippen molar-refractivity contribution in [1.82, 2.24) is 5.32 Å². The lowest BCUT2D eigenvalue weighted by atomic mass is 9.79. The van der Waals surface area contributed by atoms with Gasteiger partial charge >= 0.3 is 0 Å². The maximum Gasteiger partial charge on any atom is 0.228 e. The summed E-state index contributed by atoms with van der Waals surface area (Å²) >= 11 is 0. The fourth-order valence-electron chi connectivity index (χ4n) is 2.63. The van der Waals surface area contributed by atoms with Gasteiger partial charge in [0.05, 0.1) is 18.6 Å². The number of hydrogen-bond donors (Lipinski definition) is 2. The first-order chi connectivity index (χ1) is 10.1. The van der Waals surface area contributed by atoms with E-state index in [1.165, 1.54) is 0 Å². The molecule has 5 heteroatoms. The van der Waals surface area contributed by atoms with Crippen LogP contribution in [-0.2, 0) is 9.53 Å². The van der Waals surface area contributed by atoms with Gasteiger partial charge in [-0.05, 0) is 37.5 Å². The van der Waals surface area contributed by atoms with E-state index in [1.807, 2.05) is 31.2 Å². The molecule has 3 N–H and O–H groups in total. The number of nitrogens with two attached hydrogens (primary N) is 1. The van der Waals surface area contributed by atoms with Gasteiger partial charge in [0.1, 0.15) is 5.75 Å². The van der Waals surface area contributed by atoms with E-state index in [1.54, 1.807) is 7.11 Å². The molecule has 0 saturated carbocycles. The van der Waals surface area contributed by atoms with Gasteiger partial charge in [-0.1, -0.05) is 12.1 Å². The van der Waals surface area contributed by atoms with Crippen LogP contribution in [0.1, 0.15) is 31.4 Å². The van der Waals surface area contributed by atoms with Crippen LogP contribution in [0.15, 0.2) is 24.3 Å². The molecule has 0 spiro atoms. The number of rotatable bonds is 5. The summed E-state index contributed by atoms with van der Waals surface area (Å²) in [5, 5.41) is 3.08. The van der Waals surface area contributed by atoms with E-state index in [0.717, 1.165) is 11.3 Å². The Morgan fingerprint density at radius 3 is 2.81 bits per heavy atom. The topological polar surface area (TPSA) is 73.6 Å². The third-order valence-electron chi connectivity index (χ3n) is 4.26. The average molecular weight is 292 g/mol. The maximum atomic E-state index is 12.6. The highest BCUT2D eigenvalue weighted by Crippen LogP contribution is 2.30. The van der Waals surface area contributed by atoms with Crippen molar-refractivity contribution in [3.63, 3.8) is 0 Å². The smallest absolute Gasteiger partial charge is 0.228 e. The first-order valence-electron chi connectivity index (χ1n) is 7.34. The summed E-state index contributed by atoms with van der Waals surface area (Å²) in [5.74, 6) is 0.803. The Morgan fingerprint density at radius 2 is 2.19 bits per heavy atom. The molecule has 0 bridgehead atoms. The summed E-state index contributed by atoms with van der Waals surface area (Å²) < 4.78 is 10.6. The Morgan fingerprint density at radius 1 is 1.48 bits per heavy atom. The minimum absolute atomic E-state index is 0.0172. The zero-order valence-electron chi connectivity index (χ0n) is 12.7. The third kappa shape index (κ3) is 3.54. The molecule has 116 valence electrons. The number of carbonyl (C=O) groups excluding carboxylic acids is 1. The van der Waals surface area contributed by atoms with Crippen LogP contribution in [0.5, 0.6) is 5.75 Å². The summed E-state index contributed by atoms with van der Waals surface area (Å²) in [6.45, 7) is 3.51. The molecule has 2 rings (SSSR count). The van der Waals surface area contributed by atoms with E-state index in [2.05, 4.69) is 5.32 Å². The lowest BCUT2D eigenvalue weighted by molar-refractivity contribution is -0.136. The Kier molecular flexibility index (Phi) is 5.20. The molecular formula is C16H24N2O3. The van der Waals surface area contributed by atoms with Gasteiger partial charge in [0, 0.05) is 19.8 Å². The van der Waals surface area contributed by atoms with E-state index in [9.17, 15) is 4.79 Å². The van der Waals surface area contributed by atoms with Crippen LogP contribution >= 0.6 is 0 Å². The Labute approximate surface area is 125 Å². The van der Waals surface area contributed by atoms with E-state index < -0.39 is 5.41 Å². The Hall–Kier alpha value is -1.59. The summed E-state index contributed by atoms with van der Waals surface area (Å²) in [6.07, 6.45) is 1.36. The van der Waals surface area contributed by atoms with Gasteiger partial charge in [-0.2, -0.15) is 0 Å². The van der Waals surface area contributed by atoms with Crippen LogP contribution in [-0.4, -0.2) is 32.8 Å². The Balaban J connectivity index is 2.06. The monoisotopic (exact) mass is 292 g/mol. The fraction of sp³-hybridized carbons (Fsp3) is 0.562. The van der Waals surface area contributed by atoms with Crippen molar-refractivity contribution in [2.45, 2.75) is 25.8 Å². The standard InChI is InChI=1S/C16H24N2O3/c1-12(13-4-3-5-14(10-13)20-2)18-15(19)16(11-17)6-8-21-9-7-16/h3-5,10,12H,6-9,11,17H2,1-2H3,(H,18,19)/t12-/m0/s1. The van der Waals surface area contributed by atoms with Crippen LogP contribution in [0.2, 0.25) is 0 Å². The molecule has 1 heterocycles. The second-order valence-corrected chi connectivity index (χ2v) is 5.57. The molecule has 1 amide bonds. The lowest BCUT2D eigenvalue weighted by Gasteiger charge is -2.35. The minimum Gasteiger partial charge on any atom is -0.497 e. The van der Waals surface area contributed by atoms with Gasteiger partial charge in [-0.3, -0.25) is 4.79 Å². The first-order valence-corrected chi connectivity index (χ1v) is 7.34. The van der Waals surface area contributed by atoms with Crippen molar-refractivity contribution >= 4 is 5.91 Å². The number of methoxy groups -OCH3 is 1. The maximum absolute atomic E-state index is 12.6. The van der Waals surface area contributed by atoms with E-state index in [4.69, 9.17) is 15.2 Å². The highest BCUT2D eigenvalue weighted by molar-refractivity contribution is 5.83. The molecule has 0 aliphatic carbocycles. The van der Waals surface area contributed by atoms with Crippen molar-refractivity contribution in [2.24, 2.45) is 11.1 Å². The lowest BCUT2D eigenvalue weighted by Crippen LogP contribution is -2.49. The number of benzene rings is 1. The highest BCUT2D eigenvalue weighted by atomic mass is 16.5. The molecule has 1 atom stereocenters. The van der Waals surface area contributed by atoms with Crippen LogP contribution in [0.25, 0.3) is 0 Å². The van der Waals surface area contributed by atoms with Gasteiger partial charge in [-0.15, -0.1) is 0 Å². The number of amides is 1.